The third-order valence-electron chi connectivity index (χ3n) is 2.35. The van der Waals surface area contributed by atoms with Crippen LogP contribution < -0.4 is 0 Å². The minimum atomic E-state index is 0.935. The topological polar surface area (TPSA) is 3.24 Å². The molecule has 0 heterocycles. The Bertz CT molecular complexity index is 89.0. The van der Waals surface area contributed by atoms with E-state index in [1.165, 1.54) is 38.6 Å². The highest BCUT2D eigenvalue weighted by molar-refractivity contribution is 4.54. The molecule has 0 aliphatic carbocycles. The summed E-state index contributed by atoms with van der Waals surface area (Å²) in [6.07, 6.45) is 6.93. The van der Waals surface area contributed by atoms with Crippen molar-refractivity contribution < 1.29 is 0 Å². The van der Waals surface area contributed by atoms with Crippen LogP contribution in [-0.4, -0.2) is 25.5 Å². The highest BCUT2D eigenvalue weighted by Crippen LogP contribution is 2.13. The Hall–Kier alpha value is -0.0400. The molecule has 0 aromatic carbocycles. The Morgan fingerprint density at radius 1 is 1.08 bits per heavy atom. The molecule has 1 unspecified atom stereocenters. The normalized spacial score (nSPS) is 13.8. The van der Waals surface area contributed by atoms with Crippen molar-refractivity contribution in [3.8, 4) is 0 Å². The lowest BCUT2D eigenvalue weighted by Gasteiger charge is -2.13. The van der Waals surface area contributed by atoms with Crippen LogP contribution in [0.5, 0.6) is 0 Å². The molecule has 0 rings (SSSR count). The van der Waals surface area contributed by atoms with Crippen LogP contribution in [0.4, 0.5) is 0 Å². The maximum Gasteiger partial charge on any atom is -0.00247 e. The molecule has 74 valence electrons. The van der Waals surface area contributed by atoms with Gasteiger partial charge in [-0.25, -0.2) is 0 Å². The highest BCUT2D eigenvalue weighted by atomic mass is 16.7. The summed E-state index contributed by atoms with van der Waals surface area (Å²) in [5.41, 5.74) is 0. The van der Waals surface area contributed by atoms with E-state index < -0.39 is 0 Å². The lowest BCUT2D eigenvalue weighted by molar-refractivity contribution is 0.363. The van der Waals surface area contributed by atoms with Crippen LogP contribution in [0, 0.1) is 5.92 Å². The third-order valence-corrected chi connectivity index (χ3v) is 2.35. The van der Waals surface area contributed by atoms with Gasteiger partial charge in [0, 0.05) is 0 Å². The van der Waals surface area contributed by atoms with Crippen LogP contribution in [0.2, 0.25) is 0 Å². The summed E-state index contributed by atoms with van der Waals surface area (Å²) in [4.78, 5) is 2.27. The van der Waals surface area contributed by atoms with Crippen molar-refractivity contribution in [3.05, 3.63) is 0 Å². The second-order valence-corrected chi connectivity index (χ2v) is 4.19. The number of unbranched alkanes of at least 4 members (excludes halogenated alkanes) is 1. The zero-order chi connectivity index (χ0) is 9.40. The monoisotopic (exact) mass is 173 g/mol. The van der Waals surface area contributed by atoms with Gasteiger partial charge in [-0.3, -0.25) is 0 Å². The van der Waals surface area contributed by atoms with Crippen molar-refractivity contribution in [2.75, 3.05) is 20.6 Å². The van der Waals surface area contributed by atoms with E-state index >= 15 is 0 Å². The van der Waals surface area contributed by atoms with E-state index in [2.05, 4.69) is 32.8 Å². The Labute approximate surface area is 78.1 Å². The van der Waals surface area contributed by atoms with Gasteiger partial charge in [0.1, 0.15) is 0 Å². The van der Waals surface area contributed by atoms with Crippen molar-refractivity contribution in [3.63, 3.8) is 0 Å². The summed E-state index contributed by atoms with van der Waals surface area (Å²) >= 11 is 0. The van der Waals surface area contributed by atoms with E-state index in [-0.39, 0.29) is 0 Å². The molecular weight excluding hydrogens is 148 g/mol. The average molecular weight is 173 g/mol. The molecule has 0 aliphatic rings. The minimum Gasteiger partial charge on any atom is -0.309 e. The molecule has 0 fully saturated rings. The lowest BCUT2D eigenvalue weighted by Crippen LogP contribution is -2.13. The summed E-state index contributed by atoms with van der Waals surface area (Å²) in [6, 6.07) is 0. The Morgan fingerprint density at radius 3 is 2.17 bits per heavy atom. The Kier molecular flexibility index (Phi) is 7.58. The number of hydrogen-bond donors (Lipinski definition) is 0. The second kappa shape index (κ2) is 7.60. The molecule has 1 heteroatoms. The summed E-state index contributed by atoms with van der Waals surface area (Å²) < 4.78 is 0. The van der Waals surface area contributed by atoms with Gasteiger partial charge in [-0.15, -0.1) is 0 Å². The molecule has 0 N–H and O–H groups in total. The molecule has 0 amide bonds. The molecular formula is C11H25N. The fourth-order valence-electron chi connectivity index (χ4n) is 1.45. The SMILES string of the molecule is CCCCC(C)CCC[16N](C)C. The van der Waals surface area contributed by atoms with Crippen molar-refractivity contribution >= 4 is 0 Å². The largest absolute Gasteiger partial charge is 0.309 e. The van der Waals surface area contributed by atoms with E-state index in [1.807, 2.05) is 0 Å². The fourth-order valence-corrected chi connectivity index (χ4v) is 1.45. The summed E-state index contributed by atoms with van der Waals surface area (Å²) in [6.45, 7) is 5.90. The highest BCUT2D eigenvalue weighted by Gasteiger charge is 2.00. The van der Waals surface area contributed by atoms with Gasteiger partial charge in [-0.2, -0.15) is 0 Å². The van der Waals surface area contributed by atoms with Crippen molar-refractivity contribution in [1.29, 1.82) is 0 Å². The van der Waals surface area contributed by atoms with Crippen molar-refractivity contribution in [2.24, 2.45) is 5.92 Å². The lowest BCUT2D eigenvalue weighted by atomic mass is 9.99. The Balaban J connectivity index is 3.13. The zero-order valence-corrected chi connectivity index (χ0v) is 9.27. The van der Waals surface area contributed by atoms with Gasteiger partial charge >= 0.3 is 0 Å². The minimum absolute atomic E-state index is 0.935. The van der Waals surface area contributed by atoms with E-state index in [0.29, 0.717) is 0 Å². The van der Waals surface area contributed by atoms with E-state index in [0.717, 1.165) is 5.92 Å². The van der Waals surface area contributed by atoms with Crippen molar-refractivity contribution in [1.82, 2.24) is 4.90 Å². The van der Waals surface area contributed by atoms with E-state index in [9.17, 15) is 0 Å². The van der Waals surface area contributed by atoms with Gasteiger partial charge in [-0.05, 0) is 39.4 Å². The number of hydrogen-bond acceptors (Lipinski definition) is 1. The fraction of sp³-hybridized carbons (Fsp3) is 1.00. The van der Waals surface area contributed by atoms with E-state index in [1.54, 1.807) is 0 Å². The van der Waals surface area contributed by atoms with Gasteiger partial charge in [0.2, 0.25) is 0 Å². The van der Waals surface area contributed by atoms with Crippen LogP contribution in [0.1, 0.15) is 46.0 Å². The number of nitrogens with zero attached hydrogens (tertiary/aromatic N) is 1. The maximum absolute atomic E-state index is 2.38. The van der Waals surface area contributed by atoms with Gasteiger partial charge in [-0.1, -0.05) is 33.1 Å². The first-order chi connectivity index (χ1) is 5.66. The molecule has 0 radical (unpaired) electrons. The first-order valence-corrected chi connectivity index (χ1v) is 5.31. The van der Waals surface area contributed by atoms with Crippen LogP contribution >= 0.6 is 0 Å². The summed E-state index contributed by atoms with van der Waals surface area (Å²) in [7, 11) is 4.30. The predicted molar refractivity (Wildman–Crippen MR) is 56.5 cm³/mol. The molecule has 0 aromatic rings. The van der Waals surface area contributed by atoms with Crippen LogP contribution in [0.25, 0.3) is 0 Å². The molecule has 1 nitrogen and oxygen atoms in total. The van der Waals surface area contributed by atoms with E-state index in [4.69, 9.17) is 0 Å². The molecule has 0 aromatic heterocycles. The smallest absolute Gasteiger partial charge is 0.00247 e. The number of rotatable bonds is 7. The first-order valence-electron chi connectivity index (χ1n) is 5.31. The van der Waals surface area contributed by atoms with Crippen LogP contribution in [-0.2, 0) is 0 Å². The van der Waals surface area contributed by atoms with Crippen molar-refractivity contribution in [2.45, 2.75) is 46.0 Å². The first kappa shape index (κ1) is 12.0. The maximum atomic E-state index is 2.38. The quantitative estimate of drug-likeness (QED) is 0.571. The predicted octanol–water partition coefficient (Wildman–Crippen LogP) is 3.15. The van der Waals surface area contributed by atoms with Gasteiger partial charge < -0.3 is 4.90 Å². The summed E-state index contributed by atoms with van der Waals surface area (Å²) in [5.74, 6) is 0.935. The van der Waals surface area contributed by atoms with Gasteiger partial charge in [0.05, 0.1) is 0 Å². The standard InChI is InChI=1S/C11H25N/c1-5-6-8-11(2)9-7-10-12(3)4/h11H,5-10H2,1-4H3/i12+2. The molecule has 0 aliphatic heterocycles. The van der Waals surface area contributed by atoms with Crippen LogP contribution in [0.3, 0.4) is 0 Å². The molecule has 0 spiro atoms. The van der Waals surface area contributed by atoms with Gasteiger partial charge in [0.25, 0.3) is 0 Å². The second-order valence-electron chi connectivity index (χ2n) is 4.19. The van der Waals surface area contributed by atoms with Gasteiger partial charge in [0.15, 0.2) is 0 Å². The van der Waals surface area contributed by atoms with Crippen LogP contribution in [0.15, 0.2) is 0 Å². The molecule has 0 bridgehead atoms. The summed E-state index contributed by atoms with van der Waals surface area (Å²) in [5, 5.41) is 0. The average Bonchev–Trinajstić information content (AvgIpc) is 2.00. The third kappa shape index (κ3) is 8.06. The zero-order valence-electron chi connectivity index (χ0n) is 9.27. The molecule has 1 atom stereocenters. The molecule has 0 saturated carbocycles. The Morgan fingerprint density at radius 2 is 1.67 bits per heavy atom. The molecule has 12 heavy (non-hydrogen) atoms. The molecule has 0 saturated heterocycles.